The van der Waals surface area contributed by atoms with Crippen LogP contribution in [0, 0.1) is 6.92 Å². The van der Waals surface area contributed by atoms with E-state index in [0.29, 0.717) is 23.2 Å². The first-order valence-electron chi connectivity index (χ1n) is 8.03. The number of rotatable bonds is 8. The van der Waals surface area contributed by atoms with Gasteiger partial charge in [0.2, 0.25) is 11.0 Å². The summed E-state index contributed by atoms with van der Waals surface area (Å²) >= 11 is 2.88. The highest BCUT2D eigenvalue weighted by Gasteiger charge is 2.11. The number of benzene rings is 1. The van der Waals surface area contributed by atoms with Crippen molar-refractivity contribution in [2.24, 2.45) is 0 Å². The van der Waals surface area contributed by atoms with Crippen LogP contribution in [0.1, 0.15) is 17.9 Å². The molecule has 0 unspecified atom stereocenters. The summed E-state index contributed by atoms with van der Waals surface area (Å²) in [5.74, 6) is 1.86. The van der Waals surface area contributed by atoms with Crippen LogP contribution in [-0.4, -0.2) is 26.8 Å². The van der Waals surface area contributed by atoms with E-state index in [2.05, 4.69) is 27.1 Å². The number of thioether (sulfide) groups is 1. The molecule has 8 heteroatoms. The van der Waals surface area contributed by atoms with Gasteiger partial charge in [-0.1, -0.05) is 59.0 Å². The molecule has 0 aliphatic heterocycles. The number of hydrogen-bond donors (Lipinski definition) is 1. The smallest absolute Gasteiger partial charge is 0.226 e. The molecule has 0 radical (unpaired) electrons. The van der Waals surface area contributed by atoms with Gasteiger partial charge in [0.15, 0.2) is 16.0 Å². The summed E-state index contributed by atoms with van der Waals surface area (Å²) in [6, 6.07) is 8.02. The molecule has 0 fully saturated rings. The van der Waals surface area contributed by atoms with E-state index < -0.39 is 0 Å². The molecule has 0 spiro atoms. The van der Waals surface area contributed by atoms with Crippen molar-refractivity contribution in [3.63, 3.8) is 0 Å². The molecular formula is C18H18N4O2S2. The van der Waals surface area contributed by atoms with Gasteiger partial charge in [0.1, 0.15) is 0 Å². The number of oxazole rings is 1. The van der Waals surface area contributed by atoms with Gasteiger partial charge in [0, 0.05) is 24.2 Å². The molecular weight excluding hydrogens is 368 g/mol. The number of anilines is 1. The van der Waals surface area contributed by atoms with Crippen LogP contribution in [0.15, 0.2) is 51.9 Å². The van der Waals surface area contributed by atoms with Crippen molar-refractivity contribution in [1.82, 2.24) is 15.2 Å². The molecule has 1 aromatic carbocycles. The van der Waals surface area contributed by atoms with Gasteiger partial charge < -0.3 is 9.73 Å². The Morgan fingerprint density at radius 2 is 2.15 bits per heavy atom. The molecule has 6 nitrogen and oxygen atoms in total. The lowest BCUT2D eigenvalue weighted by atomic mass is 10.1. The van der Waals surface area contributed by atoms with E-state index in [1.165, 1.54) is 28.7 Å². The predicted octanol–water partition coefficient (Wildman–Crippen LogP) is 4.35. The lowest BCUT2D eigenvalue weighted by molar-refractivity contribution is -0.116. The number of hydrogen-bond acceptors (Lipinski definition) is 7. The molecule has 26 heavy (non-hydrogen) atoms. The molecule has 0 saturated heterocycles. The highest BCUT2D eigenvalue weighted by Crippen LogP contribution is 2.25. The fourth-order valence-corrected chi connectivity index (χ4v) is 3.66. The number of amides is 1. The van der Waals surface area contributed by atoms with Crippen LogP contribution in [0.5, 0.6) is 0 Å². The van der Waals surface area contributed by atoms with Gasteiger partial charge in [-0.3, -0.25) is 4.79 Å². The topological polar surface area (TPSA) is 80.9 Å². The monoisotopic (exact) mass is 386 g/mol. The van der Waals surface area contributed by atoms with E-state index in [9.17, 15) is 4.79 Å². The minimum Gasteiger partial charge on any atom is -0.441 e. The SMILES string of the molecule is C=CCSc1nnc(NC(=O)CCc2ncc(-c3ccc(C)cc3)o2)s1. The summed E-state index contributed by atoms with van der Waals surface area (Å²) < 4.78 is 6.53. The lowest BCUT2D eigenvalue weighted by Gasteiger charge is -1.99. The average Bonchev–Trinajstić information content (AvgIpc) is 3.28. The van der Waals surface area contributed by atoms with Gasteiger partial charge in [0.25, 0.3) is 0 Å². The van der Waals surface area contributed by atoms with Gasteiger partial charge in [-0.2, -0.15) is 0 Å². The van der Waals surface area contributed by atoms with Crippen LogP contribution in [0.4, 0.5) is 5.13 Å². The zero-order chi connectivity index (χ0) is 18.4. The second-order valence-electron chi connectivity index (χ2n) is 5.51. The maximum absolute atomic E-state index is 12.1. The molecule has 1 N–H and O–H groups in total. The Morgan fingerprint density at radius 1 is 1.35 bits per heavy atom. The number of nitrogens with one attached hydrogen (secondary N) is 1. The van der Waals surface area contributed by atoms with E-state index in [1.54, 1.807) is 12.3 Å². The zero-order valence-corrected chi connectivity index (χ0v) is 15.9. The summed E-state index contributed by atoms with van der Waals surface area (Å²) in [5.41, 5.74) is 2.16. The third kappa shape index (κ3) is 5.03. The van der Waals surface area contributed by atoms with Crippen molar-refractivity contribution in [3.05, 3.63) is 54.6 Å². The van der Waals surface area contributed by atoms with E-state index in [0.717, 1.165) is 15.7 Å². The van der Waals surface area contributed by atoms with Gasteiger partial charge in [-0.15, -0.1) is 16.8 Å². The lowest BCUT2D eigenvalue weighted by Crippen LogP contribution is -2.12. The average molecular weight is 387 g/mol. The molecule has 2 aromatic heterocycles. The van der Waals surface area contributed by atoms with Gasteiger partial charge >= 0.3 is 0 Å². The number of aromatic nitrogens is 3. The fourth-order valence-electron chi connectivity index (χ4n) is 2.13. The van der Waals surface area contributed by atoms with Crippen molar-refractivity contribution in [2.45, 2.75) is 24.1 Å². The molecule has 0 atom stereocenters. The van der Waals surface area contributed by atoms with Crippen LogP contribution in [0.25, 0.3) is 11.3 Å². The zero-order valence-electron chi connectivity index (χ0n) is 14.3. The van der Waals surface area contributed by atoms with E-state index in [4.69, 9.17) is 4.42 Å². The second kappa shape index (κ2) is 8.77. The molecule has 1 amide bonds. The van der Waals surface area contributed by atoms with E-state index in [1.807, 2.05) is 31.2 Å². The van der Waals surface area contributed by atoms with Crippen LogP contribution in [0.3, 0.4) is 0 Å². The van der Waals surface area contributed by atoms with Crippen LogP contribution in [-0.2, 0) is 11.2 Å². The maximum atomic E-state index is 12.1. The predicted molar refractivity (Wildman–Crippen MR) is 104 cm³/mol. The van der Waals surface area contributed by atoms with Crippen molar-refractivity contribution < 1.29 is 9.21 Å². The first kappa shape index (κ1) is 18.3. The van der Waals surface area contributed by atoms with Crippen molar-refractivity contribution in [2.75, 3.05) is 11.1 Å². The highest BCUT2D eigenvalue weighted by atomic mass is 32.2. The second-order valence-corrected chi connectivity index (χ2v) is 7.75. The largest absolute Gasteiger partial charge is 0.441 e. The molecule has 0 bridgehead atoms. The van der Waals surface area contributed by atoms with Crippen LogP contribution >= 0.6 is 23.1 Å². The third-order valence-electron chi connectivity index (χ3n) is 3.43. The summed E-state index contributed by atoms with van der Waals surface area (Å²) in [7, 11) is 0. The van der Waals surface area contributed by atoms with Crippen LogP contribution in [0.2, 0.25) is 0 Å². The third-order valence-corrected chi connectivity index (χ3v) is 5.40. The minimum atomic E-state index is -0.142. The maximum Gasteiger partial charge on any atom is 0.226 e. The Kier molecular flexibility index (Phi) is 6.19. The van der Waals surface area contributed by atoms with Crippen LogP contribution < -0.4 is 5.32 Å². The van der Waals surface area contributed by atoms with Crippen molar-refractivity contribution in [3.8, 4) is 11.3 Å². The standard InChI is InChI=1S/C18H18N4O2S2/c1-3-10-25-18-22-21-17(26-18)20-15(23)8-9-16-19-11-14(24-16)13-6-4-12(2)5-7-13/h3-7,11H,1,8-10H2,2H3,(H,20,21,23). The Labute approximate surface area is 159 Å². The summed E-state index contributed by atoms with van der Waals surface area (Å²) in [6.45, 7) is 5.69. The summed E-state index contributed by atoms with van der Waals surface area (Å²) in [5, 5.41) is 11.2. The van der Waals surface area contributed by atoms with Gasteiger partial charge in [-0.25, -0.2) is 4.98 Å². The molecule has 3 aromatic rings. The molecule has 134 valence electrons. The molecule has 3 rings (SSSR count). The van der Waals surface area contributed by atoms with Gasteiger partial charge in [0.05, 0.1) is 6.20 Å². The highest BCUT2D eigenvalue weighted by molar-refractivity contribution is 8.01. The van der Waals surface area contributed by atoms with Crippen molar-refractivity contribution in [1.29, 1.82) is 0 Å². The molecule has 0 saturated carbocycles. The number of aryl methyl sites for hydroxylation is 2. The molecule has 0 aliphatic rings. The molecule has 0 aliphatic carbocycles. The Balaban J connectivity index is 1.51. The van der Waals surface area contributed by atoms with Crippen molar-refractivity contribution >= 4 is 34.1 Å². The first-order valence-corrected chi connectivity index (χ1v) is 9.83. The van der Waals surface area contributed by atoms with E-state index in [-0.39, 0.29) is 12.3 Å². The quantitative estimate of drug-likeness (QED) is 0.352. The molecule has 2 heterocycles. The van der Waals surface area contributed by atoms with Gasteiger partial charge in [-0.05, 0) is 6.92 Å². The Morgan fingerprint density at radius 3 is 2.92 bits per heavy atom. The number of carbonyl (C=O) groups is 1. The number of carbonyl (C=O) groups excluding carboxylic acids is 1. The first-order chi connectivity index (χ1) is 12.6. The fraction of sp³-hybridized carbons (Fsp3) is 0.222. The minimum absolute atomic E-state index is 0.142. The normalized spacial score (nSPS) is 10.7. The summed E-state index contributed by atoms with van der Waals surface area (Å²) in [6.07, 6.45) is 4.18. The number of nitrogens with zero attached hydrogens (tertiary/aromatic N) is 3. The van der Waals surface area contributed by atoms with E-state index >= 15 is 0 Å². The Bertz CT molecular complexity index is 887. The summed E-state index contributed by atoms with van der Waals surface area (Å²) in [4.78, 5) is 16.3. The Hall–Kier alpha value is -2.45.